The predicted molar refractivity (Wildman–Crippen MR) is 79.6 cm³/mol. The highest BCUT2D eigenvalue weighted by atomic mass is 32.2. The van der Waals surface area contributed by atoms with E-state index in [9.17, 15) is 16.8 Å². The quantitative estimate of drug-likeness (QED) is 0.647. The van der Waals surface area contributed by atoms with Crippen molar-refractivity contribution < 1.29 is 16.8 Å². The van der Waals surface area contributed by atoms with Gasteiger partial charge in [-0.05, 0) is 19.5 Å². The minimum Gasteiger partial charge on any atom is -0.317 e. The van der Waals surface area contributed by atoms with Gasteiger partial charge in [-0.3, -0.25) is 0 Å². The summed E-state index contributed by atoms with van der Waals surface area (Å²) in [6, 6.07) is 0. The summed E-state index contributed by atoms with van der Waals surface area (Å²) in [5.74, 6) is 0.973. The largest absolute Gasteiger partial charge is 0.317 e. The minimum atomic E-state index is -3.50. The Balaban J connectivity index is 2.73. The molecule has 114 valence electrons. The number of sulfonamides is 1. The zero-order chi connectivity index (χ0) is 14.5. The number of thioether (sulfide) groups is 1. The van der Waals surface area contributed by atoms with E-state index in [0.717, 1.165) is 12.8 Å². The van der Waals surface area contributed by atoms with E-state index >= 15 is 0 Å². The summed E-state index contributed by atoms with van der Waals surface area (Å²) in [6.45, 7) is 3.66. The Kier molecular flexibility index (Phi) is 6.58. The van der Waals surface area contributed by atoms with Gasteiger partial charge in [-0.2, -0.15) is 16.1 Å². The highest BCUT2D eigenvalue weighted by molar-refractivity contribution is 8.01. The molecule has 6 nitrogen and oxygen atoms in total. The summed E-state index contributed by atoms with van der Waals surface area (Å²) in [7, 11) is -6.88. The molecule has 0 aromatic rings. The van der Waals surface area contributed by atoms with Gasteiger partial charge in [-0.15, -0.1) is 0 Å². The maximum Gasteiger partial charge on any atom is 0.215 e. The molecule has 0 saturated carbocycles. The van der Waals surface area contributed by atoms with Crippen molar-refractivity contribution in [1.29, 1.82) is 0 Å². The van der Waals surface area contributed by atoms with Crippen LogP contribution in [0.25, 0.3) is 0 Å². The van der Waals surface area contributed by atoms with Crippen LogP contribution in [-0.4, -0.2) is 69.7 Å². The molecule has 1 N–H and O–H groups in total. The lowest BCUT2D eigenvalue weighted by molar-refractivity contribution is 0.404. The van der Waals surface area contributed by atoms with Gasteiger partial charge in [0, 0.05) is 24.3 Å². The van der Waals surface area contributed by atoms with Crippen molar-refractivity contribution in [3.8, 4) is 0 Å². The van der Waals surface area contributed by atoms with Crippen LogP contribution in [0.4, 0.5) is 0 Å². The molecule has 1 fully saturated rings. The Morgan fingerprint density at radius 1 is 1.32 bits per heavy atom. The molecule has 9 heteroatoms. The average molecular weight is 330 g/mol. The van der Waals surface area contributed by atoms with Gasteiger partial charge in [0.05, 0.1) is 5.75 Å². The summed E-state index contributed by atoms with van der Waals surface area (Å²) < 4.78 is 49.0. The third-order valence-corrected chi connectivity index (χ3v) is 7.63. The van der Waals surface area contributed by atoms with Crippen LogP contribution in [-0.2, 0) is 19.9 Å². The zero-order valence-corrected chi connectivity index (χ0v) is 13.8. The molecule has 0 spiro atoms. The molecular weight excluding hydrogens is 308 g/mol. The Hall–Kier alpha value is 0.170. The zero-order valence-electron chi connectivity index (χ0n) is 11.3. The highest BCUT2D eigenvalue weighted by Crippen LogP contribution is 2.23. The molecule has 1 saturated heterocycles. The Morgan fingerprint density at radius 3 is 2.58 bits per heavy atom. The summed E-state index contributed by atoms with van der Waals surface area (Å²) in [6.07, 6.45) is 1.60. The van der Waals surface area contributed by atoms with E-state index in [-0.39, 0.29) is 12.3 Å². The first kappa shape index (κ1) is 17.2. The summed E-state index contributed by atoms with van der Waals surface area (Å²) >= 11 is 1.48. The van der Waals surface area contributed by atoms with E-state index in [4.69, 9.17) is 0 Å². The van der Waals surface area contributed by atoms with Gasteiger partial charge in [-0.25, -0.2) is 16.8 Å². The van der Waals surface area contributed by atoms with E-state index in [2.05, 4.69) is 5.32 Å². The van der Waals surface area contributed by atoms with Gasteiger partial charge in [0.2, 0.25) is 10.0 Å². The molecule has 1 atom stereocenters. The molecule has 0 aromatic heterocycles. The van der Waals surface area contributed by atoms with Crippen LogP contribution in [0.2, 0.25) is 0 Å². The van der Waals surface area contributed by atoms with Crippen LogP contribution in [0, 0.1) is 0 Å². The van der Waals surface area contributed by atoms with E-state index in [1.54, 1.807) is 0 Å². The normalized spacial score (nSPS) is 22.5. The second kappa shape index (κ2) is 7.26. The number of nitrogens with zero attached hydrogens (tertiary/aromatic N) is 1. The smallest absolute Gasteiger partial charge is 0.215 e. The first-order valence-electron chi connectivity index (χ1n) is 6.26. The van der Waals surface area contributed by atoms with Crippen molar-refractivity contribution in [2.45, 2.75) is 18.7 Å². The van der Waals surface area contributed by atoms with E-state index in [1.807, 2.05) is 6.92 Å². The fraction of sp³-hybridized carbons (Fsp3) is 1.00. The topological polar surface area (TPSA) is 83.6 Å². The van der Waals surface area contributed by atoms with Gasteiger partial charge < -0.3 is 5.32 Å². The lowest BCUT2D eigenvalue weighted by Gasteiger charge is -2.32. The summed E-state index contributed by atoms with van der Waals surface area (Å²) in [5, 5.41) is 2.15. The molecule has 1 aliphatic rings. The molecule has 0 aromatic carbocycles. The van der Waals surface area contributed by atoms with Crippen LogP contribution in [0.5, 0.6) is 0 Å². The first-order chi connectivity index (χ1) is 8.79. The Morgan fingerprint density at radius 2 is 2.00 bits per heavy atom. The number of sulfone groups is 1. The van der Waals surface area contributed by atoms with Crippen LogP contribution in [0.3, 0.4) is 0 Å². The monoisotopic (exact) mass is 330 g/mol. The summed E-state index contributed by atoms with van der Waals surface area (Å²) in [4.78, 5) is 0. The molecule has 1 unspecified atom stereocenters. The number of hydrogen-bond donors (Lipinski definition) is 1. The maximum atomic E-state index is 12.2. The molecule has 0 bridgehead atoms. The number of nitrogens with one attached hydrogen (secondary N) is 1. The first-order valence-corrected chi connectivity index (χ1v) is 11.0. The van der Waals surface area contributed by atoms with Crippen LogP contribution >= 0.6 is 11.8 Å². The fourth-order valence-corrected chi connectivity index (χ4v) is 7.20. The van der Waals surface area contributed by atoms with Gasteiger partial charge in [0.1, 0.15) is 5.37 Å². The Bertz CT molecular complexity index is 475. The van der Waals surface area contributed by atoms with Crippen LogP contribution in [0.15, 0.2) is 0 Å². The fourth-order valence-electron chi connectivity index (χ4n) is 1.89. The van der Waals surface area contributed by atoms with Gasteiger partial charge in [0.15, 0.2) is 9.84 Å². The Labute approximate surface area is 120 Å². The third-order valence-electron chi connectivity index (χ3n) is 2.90. The molecule has 19 heavy (non-hydrogen) atoms. The molecule has 1 heterocycles. The van der Waals surface area contributed by atoms with Crippen molar-refractivity contribution in [3.63, 3.8) is 0 Å². The van der Waals surface area contributed by atoms with Crippen molar-refractivity contribution in [2.75, 3.05) is 43.1 Å². The number of hydrogen-bond acceptors (Lipinski definition) is 6. The molecular formula is C10H22N2O4S3. The maximum absolute atomic E-state index is 12.2. The standard InChI is InChI=1S/C10H22N2O4S3/c1-3-11-5-4-8-19(15,16)12-6-7-17-9-10(12)18(2,13)14/h10-11H,3-9H2,1-2H3. The summed E-state index contributed by atoms with van der Waals surface area (Å²) in [5.41, 5.74) is 0. The van der Waals surface area contributed by atoms with E-state index in [0.29, 0.717) is 24.5 Å². The number of rotatable bonds is 7. The van der Waals surface area contributed by atoms with Gasteiger partial charge >= 0.3 is 0 Å². The lowest BCUT2D eigenvalue weighted by Crippen LogP contribution is -2.50. The second-order valence-electron chi connectivity index (χ2n) is 4.49. The molecule has 1 rings (SSSR count). The van der Waals surface area contributed by atoms with Gasteiger partial charge in [0.25, 0.3) is 0 Å². The van der Waals surface area contributed by atoms with E-state index in [1.165, 1.54) is 16.1 Å². The lowest BCUT2D eigenvalue weighted by atomic mass is 10.5. The van der Waals surface area contributed by atoms with Crippen molar-refractivity contribution >= 4 is 31.6 Å². The predicted octanol–water partition coefficient (Wildman–Crippen LogP) is -0.265. The van der Waals surface area contributed by atoms with Crippen LogP contribution in [0.1, 0.15) is 13.3 Å². The minimum absolute atomic E-state index is 0.00329. The molecule has 0 amide bonds. The third kappa shape index (κ3) is 5.22. The SMILES string of the molecule is CCNCCCS(=O)(=O)N1CCSCC1S(C)(=O)=O. The van der Waals surface area contributed by atoms with Gasteiger partial charge in [-0.1, -0.05) is 6.92 Å². The second-order valence-corrected chi connectivity index (χ2v) is 9.89. The molecule has 1 aliphatic heterocycles. The van der Waals surface area contributed by atoms with Crippen LogP contribution < -0.4 is 5.32 Å². The van der Waals surface area contributed by atoms with Crippen molar-refractivity contribution in [1.82, 2.24) is 9.62 Å². The molecule has 0 aliphatic carbocycles. The molecule has 0 radical (unpaired) electrons. The van der Waals surface area contributed by atoms with Crippen molar-refractivity contribution in [3.05, 3.63) is 0 Å². The van der Waals surface area contributed by atoms with Crippen molar-refractivity contribution in [2.24, 2.45) is 0 Å². The van der Waals surface area contributed by atoms with E-state index < -0.39 is 25.2 Å². The average Bonchev–Trinajstić information content (AvgIpc) is 2.34. The highest BCUT2D eigenvalue weighted by Gasteiger charge is 2.38.